The van der Waals surface area contributed by atoms with Gasteiger partial charge in [-0.1, -0.05) is 26.0 Å². The summed E-state index contributed by atoms with van der Waals surface area (Å²) in [6.45, 7) is 9.68. The van der Waals surface area contributed by atoms with Crippen molar-refractivity contribution in [2.45, 2.75) is 58.5 Å². The average Bonchev–Trinajstić information content (AvgIpc) is 3.31. The van der Waals surface area contributed by atoms with Gasteiger partial charge in [0.2, 0.25) is 11.8 Å². The highest BCUT2D eigenvalue weighted by atomic mass is 16.5. The van der Waals surface area contributed by atoms with Crippen LogP contribution in [0.3, 0.4) is 0 Å². The highest BCUT2D eigenvalue weighted by molar-refractivity contribution is 6.05. The van der Waals surface area contributed by atoms with Crippen molar-refractivity contribution in [2.24, 2.45) is 5.92 Å². The number of hydrogen-bond donors (Lipinski definition) is 3. The molecule has 0 spiro atoms. The zero-order valence-corrected chi connectivity index (χ0v) is 23.0. The Morgan fingerprint density at radius 2 is 2.03 bits per heavy atom. The van der Waals surface area contributed by atoms with Crippen molar-refractivity contribution in [2.75, 3.05) is 25.6 Å². The van der Waals surface area contributed by atoms with E-state index < -0.39 is 35.4 Å². The smallest absolute Gasteiger partial charge is 0.330 e. The molecule has 0 aliphatic carbocycles. The number of esters is 1. The zero-order chi connectivity index (χ0) is 28.9. The van der Waals surface area contributed by atoms with Crippen molar-refractivity contribution in [3.63, 3.8) is 0 Å². The predicted octanol–water partition coefficient (Wildman–Crippen LogP) is 2.36. The molecular weight excluding hydrogens is 504 g/mol. The van der Waals surface area contributed by atoms with Crippen LogP contribution >= 0.6 is 0 Å². The lowest BCUT2D eigenvalue weighted by molar-refractivity contribution is -0.137. The van der Waals surface area contributed by atoms with Crippen molar-refractivity contribution in [3.05, 3.63) is 64.8 Å². The fourth-order valence-corrected chi connectivity index (χ4v) is 4.12. The average molecular weight is 543 g/mol. The molecule has 1 aromatic rings. The first-order chi connectivity index (χ1) is 18.6. The first-order valence-corrected chi connectivity index (χ1v) is 13.0. The van der Waals surface area contributed by atoms with Crippen molar-refractivity contribution in [1.82, 2.24) is 15.2 Å². The number of ether oxygens (including phenoxy) is 2. The maximum absolute atomic E-state index is 13.5. The fraction of sp³-hybridized carbons (Fsp3) is 0.464. The highest BCUT2D eigenvalue weighted by Crippen LogP contribution is 2.19. The monoisotopic (exact) mass is 542 g/mol. The number of hydrogen-bond acceptors (Lipinski definition) is 7. The Balaban J connectivity index is 2.29. The normalized spacial score (nSPS) is 16.8. The topological polar surface area (TPSA) is 145 Å². The molecule has 11 heteroatoms. The van der Waals surface area contributed by atoms with Gasteiger partial charge in [-0.3, -0.25) is 19.2 Å². The van der Waals surface area contributed by atoms with Gasteiger partial charge in [0.15, 0.2) is 0 Å². The number of allylic oxidation sites excluding steroid dienone is 1. The molecule has 1 aromatic heterocycles. The van der Waals surface area contributed by atoms with Crippen molar-refractivity contribution >= 4 is 29.4 Å². The molecule has 1 saturated heterocycles. The number of carbonyl (C=O) groups excluding carboxylic acids is 4. The second-order valence-corrected chi connectivity index (χ2v) is 9.12. The number of nitrogens with one attached hydrogen (secondary N) is 3. The molecule has 2 rings (SSSR count). The van der Waals surface area contributed by atoms with Crippen LogP contribution in [-0.2, 0) is 28.7 Å². The number of pyridine rings is 1. The molecule has 1 aliphatic rings. The predicted molar refractivity (Wildman–Crippen MR) is 147 cm³/mol. The largest absolute Gasteiger partial charge is 0.501 e. The van der Waals surface area contributed by atoms with E-state index in [0.29, 0.717) is 31.6 Å². The number of carbonyl (C=O) groups is 4. The van der Waals surface area contributed by atoms with Gasteiger partial charge in [-0.25, -0.2) is 4.79 Å². The van der Waals surface area contributed by atoms with Gasteiger partial charge in [0, 0.05) is 36.4 Å². The third-order valence-electron chi connectivity index (χ3n) is 6.19. The quantitative estimate of drug-likeness (QED) is 0.142. The first kappa shape index (κ1) is 31.1. The van der Waals surface area contributed by atoms with E-state index in [9.17, 15) is 24.0 Å². The van der Waals surface area contributed by atoms with Gasteiger partial charge in [-0.05, 0) is 51.3 Å². The summed E-state index contributed by atoms with van der Waals surface area (Å²) in [5.74, 6) is -1.56. The summed E-state index contributed by atoms with van der Waals surface area (Å²) in [5.41, 5.74) is -0.477. The number of amides is 3. The third kappa shape index (κ3) is 9.27. The van der Waals surface area contributed by atoms with E-state index in [-0.39, 0.29) is 36.1 Å². The molecule has 1 aliphatic heterocycles. The van der Waals surface area contributed by atoms with E-state index >= 15 is 0 Å². The van der Waals surface area contributed by atoms with Crippen LogP contribution in [0.4, 0.5) is 5.69 Å². The van der Waals surface area contributed by atoms with Crippen LogP contribution in [0.1, 0.15) is 52.5 Å². The van der Waals surface area contributed by atoms with Crippen LogP contribution < -0.4 is 21.5 Å². The number of rotatable bonds is 14. The Kier molecular flexibility index (Phi) is 12.2. The van der Waals surface area contributed by atoms with Gasteiger partial charge >= 0.3 is 5.97 Å². The van der Waals surface area contributed by atoms with Gasteiger partial charge in [0.1, 0.15) is 11.7 Å². The summed E-state index contributed by atoms with van der Waals surface area (Å²) in [6.07, 6.45) is 7.48. The molecule has 2 heterocycles. The molecule has 39 heavy (non-hydrogen) atoms. The summed E-state index contributed by atoms with van der Waals surface area (Å²) < 4.78 is 11.2. The van der Waals surface area contributed by atoms with Crippen LogP contribution in [0.25, 0.3) is 0 Å². The summed E-state index contributed by atoms with van der Waals surface area (Å²) in [4.78, 5) is 63.4. The molecule has 11 nitrogen and oxygen atoms in total. The molecule has 212 valence electrons. The Labute approximate surface area is 228 Å². The second-order valence-electron chi connectivity index (χ2n) is 9.12. The van der Waals surface area contributed by atoms with Crippen molar-refractivity contribution in [1.29, 1.82) is 0 Å². The zero-order valence-electron chi connectivity index (χ0n) is 23.0. The van der Waals surface area contributed by atoms with Crippen LogP contribution in [0.2, 0.25) is 0 Å². The number of anilines is 1. The van der Waals surface area contributed by atoms with E-state index in [2.05, 4.69) is 22.5 Å². The molecule has 0 aromatic carbocycles. The van der Waals surface area contributed by atoms with E-state index in [1.807, 2.05) is 6.92 Å². The summed E-state index contributed by atoms with van der Waals surface area (Å²) in [7, 11) is 1.46. The Bertz CT molecular complexity index is 1180. The van der Waals surface area contributed by atoms with Crippen molar-refractivity contribution < 1.29 is 28.7 Å². The Morgan fingerprint density at radius 1 is 1.28 bits per heavy atom. The molecule has 2 unspecified atom stereocenters. The molecule has 0 bridgehead atoms. The van der Waals surface area contributed by atoms with Gasteiger partial charge in [-0.15, -0.1) is 0 Å². The lowest BCUT2D eigenvalue weighted by atomic mass is 9.97. The van der Waals surface area contributed by atoms with Crippen LogP contribution in [0.5, 0.6) is 0 Å². The second kappa shape index (κ2) is 15.3. The molecule has 3 atom stereocenters. The summed E-state index contributed by atoms with van der Waals surface area (Å²) in [5, 5.41) is 8.20. The van der Waals surface area contributed by atoms with Gasteiger partial charge < -0.3 is 30.0 Å². The van der Waals surface area contributed by atoms with E-state index in [1.165, 1.54) is 42.2 Å². The van der Waals surface area contributed by atoms with Crippen LogP contribution in [0.15, 0.2) is 59.3 Å². The van der Waals surface area contributed by atoms with Gasteiger partial charge in [0.05, 0.1) is 19.5 Å². The molecule has 3 N–H and O–H groups in total. The lowest BCUT2D eigenvalue weighted by Gasteiger charge is -2.24. The van der Waals surface area contributed by atoms with Crippen LogP contribution in [-0.4, -0.2) is 54.6 Å². The van der Waals surface area contributed by atoms with Crippen LogP contribution in [0, 0.1) is 5.92 Å². The van der Waals surface area contributed by atoms with E-state index in [4.69, 9.17) is 9.47 Å². The fourth-order valence-electron chi connectivity index (χ4n) is 4.12. The summed E-state index contributed by atoms with van der Waals surface area (Å²) >= 11 is 0. The standard InChI is InChI=1S/C28H38N4O7/c1-6-9-23(32-15-8-10-22(28(32)37)31-25(34)18(3)16-19(4)38-5)27(36)30-21(11-12-24(33)39-7-2)17-20-13-14-29-26(20)35/h8,10-12,15-16,20-21,23H,3,6-7,9,13-14,17H2,1-2,4-5H3,(H,29,35)(H,30,36)(H,31,34)/b12-11+,19-16-/t20?,21?,23-/m0/s1. The van der Waals surface area contributed by atoms with E-state index in [0.717, 1.165) is 0 Å². The molecule has 0 saturated carbocycles. The lowest BCUT2D eigenvalue weighted by Crippen LogP contribution is -2.43. The molecule has 3 amide bonds. The van der Waals surface area contributed by atoms with Gasteiger partial charge in [0.25, 0.3) is 11.5 Å². The van der Waals surface area contributed by atoms with E-state index in [1.54, 1.807) is 19.9 Å². The van der Waals surface area contributed by atoms with Gasteiger partial charge in [-0.2, -0.15) is 0 Å². The van der Waals surface area contributed by atoms with Crippen molar-refractivity contribution in [3.8, 4) is 0 Å². The minimum atomic E-state index is -0.894. The minimum Gasteiger partial charge on any atom is -0.501 e. The number of aromatic nitrogens is 1. The molecular formula is C28H38N4O7. The maximum atomic E-state index is 13.5. The SMILES string of the molecule is C=C(/C=C(/C)OC)C(=O)Nc1cccn([C@@H](CCC)C(=O)NC(/C=C/C(=O)OCC)CC2CCNC2=O)c1=O. The maximum Gasteiger partial charge on any atom is 0.330 e. The number of nitrogens with zero attached hydrogens (tertiary/aromatic N) is 1. The minimum absolute atomic E-state index is 0.0117. The summed E-state index contributed by atoms with van der Waals surface area (Å²) in [6, 6.07) is 1.47. The molecule has 0 radical (unpaired) electrons. The number of methoxy groups -OCH3 is 1. The third-order valence-corrected chi connectivity index (χ3v) is 6.19. The Morgan fingerprint density at radius 3 is 2.64 bits per heavy atom. The first-order valence-electron chi connectivity index (χ1n) is 13.0. The highest BCUT2D eigenvalue weighted by Gasteiger charge is 2.29. The Hall–Kier alpha value is -4.15. The molecule has 1 fully saturated rings.